The fraction of sp³-hybridized carbons (Fsp3) is 0.190. The van der Waals surface area contributed by atoms with Gasteiger partial charge in [-0.15, -0.1) is 0 Å². The van der Waals surface area contributed by atoms with Crippen molar-refractivity contribution in [1.82, 2.24) is 4.40 Å². The van der Waals surface area contributed by atoms with Gasteiger partial charge in [-0.1, -0.05) is 12.1 Å². The summed E-state index contributed by atoms with van der Waals surface area (Å²) in [7, 11) is 0. The predicted molar refractivity (Wildman–Crippen MR) is 105 cm³/mol. The third-order valence-electron chi connectivity index (χ3n) is 5.23. The molecular weight excluding hydrogens is 342 g/mol. The number of pyridine rings is 2. The van der Waals surface area contributed by atoms with Gasteiger partial charge in [0.15, 0.2) is 0 Å². The molecule has 0 radical (unpaired) electrons. The zero-order valence-electron chi connectivity index (χ0n) is 14.8. The van der Waals surface area contributed by atoms with E-state index in [2.05, 4.69) is 0 Å². The van der Waals surface area contributed by atoms with Gasteiger partial charge in [0.25, 0.3) is 5.56 Å². The first-order valence-corrected chi connectivity index (χ1v) is 8.75. The van der Waals surface area contributed by atoms with Crippen LogP contribution in [0.5, 0.6) is 0 Å². The van der Waals surface area contributed by atoms with Gasteiger partial charge in [0, 0.05) is 23.7 Å². The van der Waals surface area contributed by atoms with E-state index in [-0.39, 0.29) is 11.5 Å². The Morgan fingerprint density at radius 3 is 2.67 bits per heavy atom. The van der Waals surface area contributed by atoms with Crippen LogP contribution in [-0.4, -0.2) is 21.7 Å². The number of carbonyl (C=O) groups is 1. The molecular formula is C21H19N3O3. The van der Waals surface area contributed by atoms with Crippen LogP contribution in [0.2, 0.25) is 0 Å². The van der Waals surface area contributed by atoms with Gasteiger partial charge in [-0.25, -0.2) is 4.79 Å². The van der Waals surface area contributed by atoms with Gasteiger partial charge in [-0.05, 0) is 66.1 Å². The number of nitrogens with two attached hydrogens (primary N) is 1. The molecule has 0 spiro atoms. The Bertz CT molecular complexity index is 1170. The number of aromatic carboxylic acids is 1. The Hall–Kier alpha value is -3.41. The second-order valence-corrected chi connectivity index (χ2v) is 6.92. The number of fused-ring (bicyclic) bond motifs is 1. The number of nitrogens with zero attached hydrogens (tertiary/aromatic N) is 1. The van der Waals surface area contributed by atoms with Crippen LogP contribution >= 0.6 is 0 Å². The van der Waals surface area contributed by atoms with E-state index in [1.165, 1.54) is 16.7 Å². The lowest BCUT2D eigenvalue weighted by Crippen LogP contribution is -2.23. The molecule has 1 fully saturated rings. The molecule has 0 saturated heterocycles. The number of aromatic nitrogens is 1. The van der Waals surface area contributed by atoms with Crippen molar-refractivity contribution >= 4 is 23.4 Å². The minimum Gasteiger partial charge on any atom is -0.477 e. The van der Waals surface area contributed by atoms with E-state index in [0.717, 1.165) is 40.6 Å². The summed E-state index contributed by atoms with van der Waals surface area (Å²) in [5.74, 6) is -0.935. The Morgan fingerprint density at radius 2 is 2.04 bits per heavy atom. The van der Waals surface area contributed by atoms with Crippen molar-refractivity contribution in [2.45, 2.75) is 25.7 Å². The van der Waals surface area contributed by atoms with Crippen LogP contribution < -0.4 is 11.3 Å². The van der Waals surface area contributed by atoms with Crippen LogP contribution in [0.15, 0.2) is 41.3 Å². The lowest BCUT2D eigenvalue weighted by molar-refractivity contribution is 0.0694. The van der Waals surface area contributed by atoms with Crippen molar-refractivity contribution in [3.8, 4) is 11.1 Å². The van der Waals surface area contributed by atoms with Crippen LogP contribution in [0.1, 0.15) is 45.8 Å². The molecule has 1 saturated carbocycles. The number of hydrogen-bond donors (Lipinski definition) is 3. The molecule has 6 heteroatoms. The highest BCUT2D eigenvalue weighted by atomic mass is 16.4. The quantitative estimate of drug-likeness (QED) is 0.488. The van der Waals surface area contributed by atoms with E-state index in [1.54, 1.807) is 18.3 Å². The summed E-state index contributed by atoms with van der Waals surface area (Å²) in [6, 6.07) is 8.80. The summed E-state index contributed by atoms with van der Waals surface area (Å²) in [4.78, 5) is 24.2. The van der Waals surface area contributed by atoms with Crippen LogP contribution in [-0.2, 0) is 0 Å². The van der Waals surface area contributed by atoms with Gasteiger partial charge >= 0.3 is 5.97 Å². The van der Waals surface area contributed by atoms with Crippen LogP contribution in [0.3, 0.4) is 0 Å². The Labute approximate surface area is 155 Å². The van der Waals surface area contributed by atoms with E-state index in [1.807, 2.05) is 19.1 Å². The molecule has 4 rings (SSSR count). The molecule has 136 valence electrons. The molecule has 0 unspecified atom stereocenters. The first-order chi connectivity index (χ1) is 12.9. The number of nitrogens with one attached hydrogen (secondary N) is 1. The monoisotopic (exact) mass is 361 g/mol. The van der Waals surface area contributed by atoms with Crippen molar-refractivity contribution in [3.05, 3.63) is 69.1 Å². The van der Waals surface area contributed by atoms with Gasteiger partial charge in [0.2, 0.25) is 0 Å². The highest BCUT2D eigenvalue weighted by Crippen LogP contribution is 2.43. The van der Waals surface area contributed by atoms with Gasteiger partial charge in [0.1, 0.15) is 5.56 Å². The van der Waals surface area contributed by atoms with Gasteiger partial charge in [-0.3, -0.25) is 9.20 Å². The molecule has 2 aromatic heterocycles. The first-order valence-electron chi connectivity index (χ1n) is 8.75. The minimum atomic E-state index is -1.21. The Kier molecular flexibility index (Phi) is 3.84. The minimum absolute atomic E-state index is 0.203. The molecule has 4 N–H and O–H groups in total. The highest BCUT2D eigenvalue weighted by Gasteiger charge is 2.29. The van der Waals surface area contributed by atoms with Crippen molar-refractivity contribution in [2.75, 3.05) is 5.73 Å². The number of benzene rings is 1. The maximum Gasteiger partial charge on any atom is 0.341 e. The number of nitrogen functional groups attached to an aromatic ring is 1. The lowest BCUT2D eigenvalue weighted by Gasteiger charge is -2.17. The number of anilines is 1. The first kappa shape index (κ1) is 17.0. The van der Waals surface area contributed by atoms with E-state index in [0.29, 0.717) is 11.3 Å². The molecule has 0 bridgehead atoms. The van der Waals surface area contributed by atoms with Crippen molar-refractivity contribution in [3.63, 3.8) is 0 Å². The number of carboxylic acids is 1. The topological polar surface area (TPSA) is 109 Å². The highest BCUT2D eigenvalue weighted by molar-refractivity contribution is 5.96. The molecule has 1 aliphatic carbocycles. The molecule has 1 aliphatic rings. The number of carboxylic acid groups (broad SMARTS) is 1. The summed E-state index contributed by atoms with van der Waals surface area (Å²) < 4.78 is 1.44. The van der Waals surface area contributed by atoms with Gasteiger partial charge in [0.05, 0.1) is 5.52 Å². The van der Waals surface area contributed by atoms with Crippen molar-refractivity contribution in [1.29, 1.82) is 5.41 Å². The summed E-state index contributed by atoms with van der Waals surface area (Å²) in [6.07, 6.45) is 4.83. The molecule has 0 amide bonds. The largest absolute Gasteiger partial charge is 0.477 e. The molecule has 0 atom stereocenters. The summed E-state index contributed by atoms with van der Waals surface area (Å²) in [5.41, 5.74) is 10.7. The number of hydrogen-bond acceptors (Lipinski definition) is 4. The predicted octanol–water partition coefficient (Wildman–Crippen LogP) is 3.43. The molecule has 2 heterocycles. The summed E-state index contributed by atoms with van der Waals surface area (Å²) in [5, 5.41) is 17.1. The second kappa shape index (κ2) is 6.09. The zero-order chi connectivity index (χ0) is 19.3. The molecule has 6 nitrogen and oxygen atoms in total. The zero-order valence-corrected chi connectivity index (χ0v) is 14.8. The SMILES string of the molecule is Cc1c(-c2cccc(N)c2C=N)ccn2c(=O)c(C(=O)O)cc(C3CC3)c12. The van der Waals surface area contributed by atoms with Crippen LogP contribution in [0, 0.1) is 12.3 Å². The second-order valence-electron chi connectivity index (χ2n) is 6.92. The van der Waals surface area contributed by atoms with E-state index < -0.39 is 11.5 Å². The normalized spacial score (nSPS) is 13.7. The molecule has 0 aliphatic heterocycles. The summed E-state index contributed by atoms with van der Waals surface area (Å²) in [6.45, 7) is 1.92. The van der Waals surface area contributed by atoms with E-state index in [4.69, 9.17) is 11.1 Å². The van der Waals surface area contributed by atoms with Gasteiger partial charge < -0.3 is 16.2 Å². The number of rotatable bonds is 4. The van der Waals surface area contributed by atoms with Crippen molar-refractivity contribution < 1.29 is 9.90 Å². The van der Waals surface area contributed by atoms with E-state index in [9.17, 15) is 14.7 Å². The van der Waals surface area contributed by atoms with Crippen LogP contribution in [0.25, 0.3) is 16.6 Å². The average molecular weight is 361 g/mol. The Balaban J connectivity index is 2.09. The smallest absolute Gasteiger partial charge is 0.341 e. The molecule has 3 aromatic rings. The number of aryl methyl sites for hydroxylation is 1. The third-order valence-corrected chi connectivity index (χ3v) is 5.23. The molecule has 1 aromatic carbocycles. The molecule has 27 heavy (non-hydrogen) atoms. The summed E-state index contributed by atoms with van der Waals surface area (Å²) >= 11 is 0. The van der Waals surface area contributed by atoms with Crippen LogP contribution in [0.4, 0.5) is 5.69 Å². The van der Waals surface area contributed by atoms with E-state index >= 15 is 0 Å². The third kappa shape index (κ3) is 2.61. The van der Waals surface area contributed by atoms with Crippen molar-refractivity contribution in [2.24, 2.45) is 0 Å². The lowest BCUT2D eigenvalue weighted by atomic mass is 9.93. The Morgan fingerprint density at radius 1 is 1.30 bits per heavy atom. The maximum absolute atomic E-state index is 12.7. The standard InChI is InChI=1S/C21H19N3O3/c1-11-13(14-3-2-4-18(23)17(14)10-22)7-8-24-19(11)15(12-5-6-12)9-16(20(24)25)21(26)27/h2-4,7-10,12,22H,5-6,23H2,1H3,(H,26,27). The fourth-order valence-electron chi connectivity index (χ4n) is 3.73. The average Bonchev–Trinajstić information content (AvgIpc) is 3.47. The maximum atomic E-state index is 12.7. The van der Waals surface area contributed by atoms with Gasteiger partial charge in [-0.2, -0.15) is 0 Å². The fourth-order valence-corrected chi connectivity index (χ4v) is 3.73.